The number of cyclic esters (lactones) is 1. The predicted molar refractivity (Wildman–Crippen MR) is 85.7 cm³/mol. The zero-order valence-corrected chi connectivity index (χ0v) is 13.6. The Balaban J connectivity index is 1.66. The normalized spacial score (nSPS) is 20.0. The first-order chi connectivity index (χ1) is 10.9. The van der Waals surface area contributed by atoms with Crippen LogP contribution in [0.15, 0.2) is 36.7 Å². The van der Waals surface area contributed by atoms with Crippen molar-refractivity contribution < 1.29 is 14.3 Å². The van der Waals surface area contributed by atoms with Gasteiger partial charge in [-0.05, 0) is 57.0 Å². The topological polar surface area (TPSA) is 61.3 Å². The molecular weight excluding hydrogens is 292 g/mol. The molecule has 0 amide bonds. The van der Waals surface area contributed by atoms with E-state index in [-0.39, 0.29) is 5.97 Å². The quantitative estimate of drug-likeness (QED) is 0.812. The van der Waals surface area contributed by atoms with Gasteiger partial charge in [0.25, 0.3) is 0 Å². The molecule has 0 N–H and O–H groups in total. The molecule has 23 heavy (non-hydrogen) atoms. The molecule has 1 aliphatic heterocycles. The Labute approximate surface area is 135 Å². The third-order valence-electron chi connectivity index (χ3n) is 3.96. The summed E-state index contributed by atoms with van der Waals surface area (Å²) < 4.78 is 11.1. The van der Waals surface area contributed by atoms with Crippen molar-refractivity contribution in [2.24, 2.45) is 5.41 Å². The summed E-state index contributed by atoms with van der Waals surface area (Å²) in [5.74, 6) is 1.13. The van der Waals surface area contributed by atoms with Gasteiger partial charge >= 0.3 is 5.97 Å². The second kappa shape index (κ2) is 5.99. The number of nitrogens with zero attached hydrogens (tertiary/aromatic N) is 2. The first-order valence-electron chi connectivity index (χ1n) is 7.71. The highest BCUT2D eigenvalue weighted by atomic mass is 16.7. The van der Waals surface area contributed by atoms with Gasteiger partial charge in [0.2, 0.25) is 6.29 Å². The lowest BCUT2D eigenvalue weighted by molar-refractivity contribution is -0.186. The second-order valence-electron chi connectivity index (χ2n) is 6.48. The fourth-order valence-corrected chi connectivity index (χ4v) is 2.38. The molecule has 1 aromatic carbocycles. The van der Waals surface area contributed by atoms with Gasteiger partial charge in [0, 0.05) is 24.4 Å². The Morgan fingerprint density at radius 1 is 1.17 bits per heavy atom. The van der Waals surface area contributed by atoms with Crippen LogP contribution in [0, 0.1) is 12.3 Å². The summed E-state index contributed by atoms with van der Waals surface area (Å²) in [6.07, 6.45) is 4.51. The van der Waals surface area contributed by atoms with E-state index < -0.39 is 11.7 Å². The molecule has 1 saturated heterocycles. The molecule has 5 nitrogen and oxygen atoms in total. The molecule has 1 unspecified atom stereocenters. The second-order valence-corrected chi connectivity index (χ2v) is 6.48. The molecule has 1 atom stereocenters. The highest BCUT2D eigenvalue weighted by molar-refractivity contribution is 5.76. The number of benzene rings is 1. The van der Waals surface area contributed by atoms with E-state index in [1.54, 1.807) is 12.4 Å². The largest absolute Gasteiger partial charge is 0.455 e. The van der Waals surface area contributed by atoms with E-state index in [2.05, 4.69) is 9.97 Å². The lowest BCUT2D eigenvalue weighted by Gasteiger charge is -2.32. The number of aryl methyl sites for hydroxylation is 1. The highest BCUT2D eigenvalue weighted by Crippen LogP contribution is 2.32. The van der Waals surface area contributed by atoms with Gasteiger partial charge in [0.1, 0.15) is 5.75 Å². The van der Waals surface area contributed by atoms with Crippen molar-refractivity contribution in [3.05, 3.63) is 42.2 Å². The van der Waals surface area contributed by atoms with Gasteiger partial charge in [-0.15, -0.1) is 0 Å². The van der Waals surface area contributed by atoms with E-state index in [1.807, 2.05) is 45.0 Å². The van der Waals surface area contributed by atoms with E-state index in [0.717, 1.165) is 17.5 Å². The van der Waals surface area contributed by atoms with E-state index in [4.69, 9.17) is 9.47 Å². The van der Waals surface area contributed by atoms with Crippen molar-refractivity contribution in [1.82, 2.24) is 9.97 Å². The monoisotopic (exact) mass is 312 g/mol. The molecule has 0 aliphatic carbocycles. The van der Waals surface area contributed by atoms with Crippen LogP contribution >= 0.6 is 0 Å². The van der Waals surface area contributed by atoms with Crippen LogP contribution in [0.4, 0.5) is 0 Å². The number of hydrogen-bond donors (Lipinski definition) is 0. The third kappa shape index (κ3) is 3.50. The lowest BCUT2D eigenvalue weighted by Crippen LogP contribution is -2.39. The predicted octanol–water partition coefficient (Wildman–Crippen LogP) is 3.52. The van der Waals surface area contributed by atoms with Crippen LogP contribution in [0.2, 0.25) is 0 Å². The summed E-state index contributed by atoms with van der Waals surface area (Å²) in [4.78, 5) is 20.5. The van der Waals surface area contributed by atoms with Gasteiger partial charge in [-0.3, -0.25) is 4.79 Å². The molecule has 3 rings (SSSR count). The van der Waals surface area contributed by atoms with E-state index in [1.165, 1.54) is 0 Å². The van der Waals surface area contributed by atoms with Crippen molar-refractivity contribution in [1.29, 1.82) is 0 Å². The Kier molecular flexibility index (Phi) is 4.03. The van der Waals surface area contributed by atoms with Crippen molar-refractivity contribution in [2.45, 2.75) is 39.9 Å². The van der Waals surface area contributed by atoms with E-state index in [9.17, 15) is 4.79 Å². The maximum atomic E-state index is 11.9. The smallest absolute Gasteiger partial charge is 0.314 e. The number of carbonyl (C=O) groups is 1. The summed E-state index contributed by atoms with van der Waals surface area (Å²) in [5, 5.41) is 0. The zero-order chi connectivity index (χ0) is 16.4. The highest BCUT2D eigenvalue weighted by Gasteiger charge is 2.37. The SMILES string of the molecule is Cc1cnc(-c2ccc(OC3CCC(C)(C)C(=O)O3)cc2)nc1. The average molecular weight is 312 g/mol. The first kappa shape index (κ1) is 15.5. The molecule has 0 radical (unpaired) electrons. The number of ether oxygens (including phenoxy) is 2. The molecule has 2 heterocycles. The number of aromatic nitrogens is 2. The summed E-state index contributed by atoms with van der Waals surface area (Å²) in [6, 6.07) is 7.47. The van der Waals surface area contributed by atoms with Crippen LogP contribution in [-0.4, -0.2) is 22.2 Å². The van der Waals surface area contributed by atoms with Crippen LogP contribution < -0.4 is 4.74 Å². The molecule has 120 valence electrons. The first-order valence-corrected chi connectivity index (χ1v) is 7.71. The van der Waals surface area contributed by atoms with Crippen LogP contribution in [-0.2, 0) is 9.53 Å². The number of rotatable bonds is 3. The Bertz CT molecular complexity index is 693. The molecule has 0 bridgehead atoms. The zero-order valence-electron chi connectivity index (χ0n) is 13.6. The van der Waals surface area contributed by atoms with Crippen molar-refractivity contribution >= 4 is 5.97 Å². The van der Waals surface area contributed by atoms with Gasteiger partial charge < -0.3 is 9.47 Å². The Hall–Kier alpha value is -2.43. The van der Waals surface area contributed by atoms with Gasteiger partial charge in [0.05, 0.1) is 5.41 Å². The van der Waals surface area contributed by atoms with Crippen molar-refractivity contribution in [2.75, 3.05) is 0 Å². The fraction of sp³-hybridized carbons (Fsp3) is 0.389. The van der Waals surface area contributed by atoms with E-state index in [0.29, 0.717) is 18.0 Å². The molecular formula is C18H20N2O3. The Morgan fingerprint density at radius 2 is 1.83 bits per heavy atom. The minimum Gasteiger partial charge on any atom is -0.455 e. The van der Waals surface area contributed by atoms with Crippen LogP contribution in [0.5, 0.6) is 5.75 Å². The van der Waals surface area contributed by atoms with Crippen LogP contribution in [0.25, 0.3) is 11.4 Å². The van der Waals surface area contributed by atoms with Crippen molar-refractivity contribution in [3.63, 3.8) is 0 Å². The van der Waals surface area contributed by atoms with Gasteiger partial charge in [-0.25, -0.2) is 9.97 Å². The standard InChI is InChI=1S/C18H20N2O3/c1-12-10-19-16(20-11-12)13-4-6-14(7-5-13)22-15-8-9-18(2,3)17(21)23-15/h4-7,10-11,15H,8-9H2,1-3H3. The lowest BCUT2D eigenvalue weighted by atomic mass is 9.86. The molecule has 1 fully saturated rings. The molecule has 0 spiro atoms. The minimum atomic E-state index is -0.517. The van der Waals surface area contributed by atoms with E-state index >= 15 is 0 Å². The molecule has 1 aromatic heterocycles. The molecule has 5 heteroatoms. The van der Waals surface area contributed by atoms with Gasteiger partial charge in [0.15, 0.2) is 5.82 Å². The minimum absolute atomic E-state index is 0.210. The van der Waals surface area contributed by atoms with Crippen molar-refractivity contribution in [3.8, 4) is 17.1 Å². The summed E-state index contributed by atoms with van der Waals surface area (Å²) in [5.41, 5.74) is 1.52. The average Bonchev–Trinajstić information content (AvgIpc) is 2.53. The fourth-order valence-electron chi connectivity index (χ4n) is 2.38. The number of carbonyl (C=O) groups excluding carboxylic acids is 1. The van der Waals surface area contributed by atoms with Crippen LogP contribution in [0.1, 0.15) is 32.3 Å². The summed E-state index contributed by atoms with van der Waals surface area (Å²) in [6.45, 7) is 5.73. The summed E-state index contributed by atoms with van der Waals surface area (Å²) >= 11 is 0. The molecule has 0 saturated carbocycles. The van der Waals surface area contributed by atoms with Gasteiger partial charge in [-0.2, -0.15) is 0 Å². The third-order valence-corrected chi connectivity index (χ3v) is 3.96. The summed E-state index contributed by atoms with van der Waals surface area (Å²) in [7, 11) is 0. The molecule has 1 aliphatic rings. The number of hydrogen-bond acceptors (Lipinski definition) is 5. The van der Waals surface area contributed by atoms with Gasteiger partial charge in [-0.1, -0.05) is 0 Å². The molecule has 2 aromatic rings. The number of esters is 1. The Morgan fingerprint density at radius 3 is 2.43 bits per heavy atom. The maximum absolute atomic E-state index is 11.9. The van der Waals surface area contributed by atoms with Crippen LogP contribution in [0.3, 0.4) is 0 Å². The maximum Gasteiger partial charge on any atom is 0.314 e.